The van der Waals surface area contributed by atoms with E-state index in [4.69, 9.17) is 10.2 Å². The SMILES string of the molecule is OCCN(CCO)c1ccnc(-n2ccnc2)n1. The first-order chi connectivity index (χ1) is 8.85. The molecule has 0 amide bonds. The van der Waals surface area contributed by atoms with Crippen LogP contribution in [0.15, 0.2) is 31.0 Å². The summed E-state index contributed by atoms with van der Waals surface area (Å²) in [7, 11) is 0. The van der Waals surface area contributed by atoms with Crippen molar-refractivity contribution in [2.24, 2.45) is 0 Å². The van der Waals surface area contributed by atoms with E-state index in [0.717, 1.165) is 0 Å². The molecule has 0 aliphatic heterocycles. The van der Waals surface area contributed by atoms with Gasteiger partial charge in [0, 0.05) is 31.7 Å². The van der Waals surface area contributed by atoms with Crippen LogP contribution in [0.5, 0.6) is 0 Å². The Bertz CT molecular complexity index is 468. The molecule has 0 spiro atoms. The van der Waals surface area contributed by atoms with Gasteiger partial charge in [-0.2, -0.15) is 4.98 Å². The lowest BCUT2D eigenvalue weighted by Gasteiger charge is -2.21. The summed E-state index contributed by atoms with van der Waals surface area (Å²) in [5, 5.41) is 18.0. The van der Waals surface area contributed by atoms with E-state index >= 15 is 0 Å². The van der Waals surface area contributed by atoms with Crippen LogP contribution in [0, 0.1) is 0 Å². The molecular formula is C11H15N5O2. The van der Waals surface area contributed by atoms with Crippen molar-refractivity contribution >= 4 is 5.82 Å². The fraction of sp³-hybridized carbons (Fsp3) is 0.364. The minimum Gasteiger partial charge on any atom is -0.395 e. The van der Waals surface area contributed by atoms with Crippen LogP contribution in [0.1, 0.15) is 0 Å². The second-order valence-corrected chi connectivity index (χ2v) is 3.62. The molecule has 2 heterocycles. The van der Waals surface area contributed by atoms with Crippen molar-refractivity contribution in [1.82, 2.24) is 19.5 Å². The molecule has 96 valence electrons. The van der Waals surface area contributed by atoms with E-state index in [2.05, 4.69) is 15.0 Å². The van der Waals surface area contributed by atoms with Crippen molar-refractivity contribution in [3.8, 4) is 5.95 Å². The van der Waals surface area contributed by atoms with Crippen molar-refractivity contribution in [2.45, 2.75) is 0 Å². The third-order valence-electron chi connectivity index (χ3n) is 2.43. The molecule has 7 nitrogen and oxygen atoms in total. The Kier molecular flexibility index (Phi) is 4.21. The molecule has 0 radical (unpaired) electrons. The average Bonchev–Trinajstić information content (AvgIpc) is 2.93. The van der Waals surface area contributed by atoms with Gasteiger partial charge in [-0.3, -0.25) is 4.57 Å². The zero-order valence-corrected chi connectivity index (χ0v) is 9.85. The summed E-state index contributed by atoms with van der Waals surface area (Å²) in [6, 6.07) is 1.74. The molecule has 2 N–H and O–H groups in total. The van der Waals surface area contributed by atoms with Crippen LogP contribution in [0.25, 0.3) is 5.95 Å². The summed E-state index contributed by atoms with van der Waals surface area (Å²) in [5.41, 5.74) is 0. The summed E-state index contributed by atoms with van der Waals surface area (Å²) < 4.78 is 1.69. The van der Waals surface area contributed by atoms with E-state index in [1.807, 2.05) is 0 Å². The number of hydrogen-bond acceptors (Lipinski definition) is 6. The molecule has 0 atom stereocenters. The second kappa shape index (κ2) is 6.08. The van der Waals surface area contributed by atoms with Crippen LogP contribution < -0.4 is 4.90 Å². The van der Waals surface area contributed by atoms with Gasteiger partial charge < -0.3 is 15.1 Å². The molecule has 0 aromatic carbocycles. The van der Waals surface area contributed by atoms with Crippen LogP contribution in [0.3, 0.4) is 0 Å². The number of anilines is 1. The molecule has 0 saturated heterocycles. The minimum absolute atomic E-state index is 0.00438. The number of aromatic nitrogens is 4. The highest BCUT2D eigenvalue weighted by atomic mass is 16.3. The van der Waals surface area contributed by atoms with Gasteiger partial charge in [-0.1, -0.05) is 0 Å². The molecular weight excluding hydrogens is 234 g/mol. The average molecular weight is 249 g/mol. The fourth-order valence-corrected chi connectivity index (χ4v) is 1.60. The van der Waals surface area contributed by atoms with Crippen LogP contribution >= 0.6 is 0 Å². The topological polar surface area (TPSA) is 87.3 Å². The quantitative estimate of drug-likeness (QED) is 0.714. The summed E-state index contributed by atoms with van der Waals surface area (Å²) in [5.74, 6) is 1.17. The van der Waals surface area contributed by atoms with Gasteiger partial charge in [-0.05, 0) is 6.07 Å². The largest absolute Gasteiger partial charge is 0.395 e. The zero-order chi connectivity index (χ0) is 12.8. The number of imidazole rings is 1. The number of hydrogen-bond donors (Lipinski definition) is 2. The molecule has 0 bridgehead atoms. The Morgan fingerprint density at radius 2 is 1.94 bits per heavy atom. The first-order valence-corrected chi connectivity index (χ1v) is 5.63. The van der Waals surface area contributed by atoms with E-state index in [1.165, 1.54) is 0 Å². The zero-order valence-electron chi connectivity index (χ0n) is 9.85. The standard InChI is InChI=1S/C11H15N5O2/c17-7-5-15(6-8-18)10-1-2-13-11(14-10)16-4-3-12-9-16/h1-4,9,17-18H,5-8H2. The number of aliphatic hydroxyl groups is 2. The van der Waals surface area contributed by atoms with Gasteiger partial charge in [-0.15, -0.1) is 0 Å². The van der Waals surface area contributed by atoms with Gasteiger partial charge >= 0.3 is 0 Å². The third kappa shape index (κ3) is 2.82. The third-order valence-corrected chi connectivity index (χ3v) is 2.43. The van der Waals surface area contributed by atoms with Crippen molar-refractivity contribution in [3.05, 3.63) is 31.0 Å². The summed E-state index contributed by atoms with van der Waals surface area (Å²) in [4.78, 5) is 14.2. The normalized spacial score (nSPS) is 10.6. The summed E-state index contributed by atoms with van der Waals surface area (Å²) >= 11 is 0. The highest BCUT2D eigenvalue weighted by Crippen LogP contribution is 2.11. The van der Waals surface area contributed by atoms with Crippen molar-refractivity contribution < 1.29 is 10.2 Å². The first kappa shape index (κ1) is 12.5. The van der Waals surface area contributed by atoms with Gasteiger partial charge in [0.1, 0.15) is 12.1 Å². The van der Waals surface area contributed by atoms with Gasteiger partial charge in [0.05, 0.1) is 13.2 Å². The molecule has 0 fully saturated rings. The molecule has 18 heavy (non-hydrogen) atoms. The van der Waals surface area contributed by atoms with E-state index in [0.29, 0.717) is 24.9 Å². The molecule has 2 aromatic rings. The maximum atomic E-state index is 9.00. The number of aliphatic hydroxyl groups excluding tert-OH is 2. The van der Waals surface area contributed by atoms with Crippen LogP contribution in [-0.2, 0) is 0 Å². The van der Waals surface area contributed by atoms with Crippen LogP contribution in [0.2, 0.25) is 0 Å². The van der Waals surface area contributed by atoms with Crippen molar-refractivity contribution in [1.29, 1.82) is 0 Å². The van der Waals surface area contributed by atoms with Gasteiger partial charge in [0.15, 0.2) is 0 Å². The van der Waals surface area contributed by atoms with Gasteiger partial charge in [0.2, 0.25) is 5.95 Å². The second-order valence-electron chi connectivity index (χ2n) is 3.62. The fourth-order valence-electron chi connectivity index (χ4n) is 1.60. The molecule has 0 aliphatic carbocycles. The van der Waals surface area contributed by atoms with E-state index < -0.39 is 0 Å². The van der Waals surface area contributed by atoms with E-state index in [1.54, 1.807) is 40.5 Å². The molecule has 0 saturated carbocycles. The molecule has 0 unspecified atom stereocenters. The molecule has 2 rings (SSSR count). The molecule has 7 heteroatoms. The lowest BCUT2D eigenvalue weighted by Crippen LogP contribution is -2.30. The monoisotopic (exact) mass is 249 g/mol. The summed E-state index contributed by atoms with van der Waals surface area (Å²) in [6.07, 6.45) is 6.65. The maximum Gasteiger partial charge on any atom is 0.236 e. The van der Waals surface area contributed by atoms with Crippen molar-refractivity contribution in [2.75, 3.05) is 31.2 Å². The maximum absolute atomic E-state index is 9.00. The van der Waals surface area contributed by atoms with E-state index in [9.17, 15) is 0 Å². The van der Waals surface area contributed by atoms with Crippen LogP contribution in [-0.4, -0.2) is 56.0 Å². The molecule has 0 aliphatic rings. The number of rotatable bonds is 6. The Morgan fingerprint density at radius 3 is 2.56 bits per heavy atom. The Labute approximate surface area is 104 Å². The van der Waals surface area contributed by atoms with Gasteiger partial charge in [-0.25, -0.2) is 9.97 Å². The smallest absolute Gasteiger partial charge is 0.236 e. The predicted octanol–water partition coefficient (Wildman–Crippen LogP) is -0.547. The Morgan fingerprint density at radius 1 is 1.17 bits per heavy atom. The highest BCUT2D eigenvalue weighted by Gasteiger charge is 2.08. The lowest BCUT2D eigenvalue weighted by atomic mass is 10.4. The van der Waals surface area contributed by atoms with Gasteiger partial charge in [0.25, 0.3) is 0 Å². The van der Waals surface area contributed by atoms with Crippen LogP contribution in [0.4, 0.5) is 5.82 Å². The highest BCUT2D eigenvalue weighted by molar-refractivity contribution is 5.39. The van der Waals surface area contributed by atoms with E-state index in [-0.39, 0.29) is 13.2 Å². The summed E-state index contributed by atoms with van der Waals surface area (Å²) in [6.45, 7) is 0.844. The Balaban J connectivity index is 2.25. The van der Waals surface area contributed by atoms with Crippen molar-refractivity contribution in [3.63, 3.8) is 0 Å². The molecule has 2 aromatic heterocycles. The predicted molar refractivity (Wildman–Crippen MR) is 65.5 cm³/mol. The minimum atomic E-state index is 0.00438. The first-order valence-electron chi connectivity index (χ1n) is 5.63. The lowest BCUT2D eigenvalue weighted by molar-refractivity contribution is 0.280. The number of nitrogens with zero attached hydrogens (tertiary/aromatic N) is 5. The Hall–Kier alpha value is -1.99.